The summed E-state index contributed by atoms with van der Waals surface area (Å²) in [4.78, 5) is 4.06. The Morgan fingerprint density at radius 2 is 2.33 bits per heavy atom. The first-order valence-electron chi connectivity index (χ1n) is 5.58. The predicted molar refractivity (Wildman–Crippen MR) is 69.8 cm³/mol. The van der Waals surface area contributed by atoms with E-state index in [-0.39, 0.29) is 0 Å². The van der Waals surface area contributed by atoms with Gasteiger partial charge in [0.2, 0.25) is 5.89 Å². The number of halogens is 1. The van der Waals surface area contributed by atoms with Crippen LogP contribution in [0.25, 0.3) is 0 Å². The molecule has 1 unspecified atom stereocenters. The van der Waals surface area contributed by atoms with Gasteiger partial charge in [-0.3, -0.25) is 0 Å². The zero-order valence-corrected chi connectivity index (χ0v) is 11.5. The van der Waals surface area contributed by atoms with E-state index >= 15 is 0 Å². The van der Waals surface area contributed by atoms with Crippen LogP contribution in [0.4, 0.5) is 0 Å². The molecular formula is C12H14BrN3O2. The molecule has 0 aliphatic rings. The zero-order chi connectivity index (χ0) is 13.0. The Kier molecular flexibility index (Phi) is 4.46. The Bertz CT molecular complexity index is 516. The van der Waals surface area contributed by atoms with Crippen molar-refractivity contribution in [2.45, 2.75) is 19.6 Å². The van der Waals surface area contributed by atoms with Gasteiger partial charge >= 0.3 is 0 Å². The van der Waals surface area contributed by atoms with Gasteiger partial charge in [-0.25, -0.2) is 0 Å². The van der Waals surface area contributed by atoms with Gasteiger partial charge in [-0.15, -0.1) is 0 Å². The van der Waals surface area contributed by atoms with Crippen molar-refractivity contribution < 1.29 is 9.63 Å². The number of aryl methyl sites for hydroxylation is 1. The summed E-state index contributed by atoms with van der Waals surface area (Å²) in [5.74, 6) is 1.13. The normalized spacial score (nSPS) is 12.6. The summed E-state index contributed by atoms with van der Waals surface area (Å²) < 4.78 is 5.91. The molecule has 2 aromatic rings. The van der Waals surface area contributed by atoms with Gasteiger partial charge in [-0.1, -0.05) is 33.2 Å². The van der Waals surface area contributed by atoms with Crippen molar-refractivity contribution >= 4 is 15.9 Å². The second-order valence-corrected chi connectivity index (χ2v) is 4.85. The van der Waals surface area contributed by atoms with Crippen molar-refractivity contribution in [1.29, 1.82) is 0 Å². The Morgan fingerprint density at radius 1 is 1.50 bits per heavy atom. The average Bonchev–Trinajstić information content (AvgIpc) is 2.75. The Labute approximate surface area is 113 Å². The summed E-state index contributed by atoms with van der Waals surface area (Å²) >= 11 is 3.37. The summed E-state index contributed by atoms with van der Waals surface area (Å²) in [6.45, 7) is 2.65. The molecule has 18 heavy (non-hydrogen) atoms. The monoisotopic (exact) mass is 311 g/mol. The molecule has 1 aromatic carbocycles. The van der Waals surface area contributed by atoms with Gasteiger partial charge in [-0.05, 0) is 24.6 Å². The molecule has 5 nitrogen and oxygen atoms in total. The molecule has 0 radical (unpaired) electrons. The quantitative estimate of drug-likeness (QED) is 0.883. The minimum atomic E-state index is -0.563. The molecule has 0 fully saturated rings. The molecule has 0 amide bonds. The van der Waals surface area contributed by atoms with Crippen LogP contribution in [-0.2, 0) is 6.54 Å². The lowest BCUT2D eigenvalue weighted by Gasteiger charge is -2.11. The third-order valence-electron chi connectivity index (χ3n) is 2.42. The summed E-state index contributed by atoms with van der Waals surface area (Å²) in [5, 5.41) is 16.7. The maximum absolute atomic E-state index is 9.98. The summed E-state index contributed by atoms with van der Waals surface area (Å²) in [6, 6.07) is 7.59. The van der Waals surface area contributed by atoms with E-state index in [1.54, 1.807) is 6.92 Å². The van der Waals surface area contributed by atoms with E-state index in [0.29, 0.717) is 24.8 Å². The van der Waals surface area contributed by atoms with Gasteiger partial charge in [0.25, 0.3) is 0 Å². The number of aromatic nitrogens is 2. The zero-order valence-electron chi connectivity index (χ0n) is 9.93. The molecule has 0 aliphatic carbocycles. The van der Waals surface area contributed by atoms with Crippen LogP contribution in [0.15, 0.2) is 33.3 Å². The number of nitrogens with zero attached hydrogens (tertiary/aromatic N) is 2. The maximum Gasteiger partial charge on any atom is 0.240 e. The van der Waals surface area contributed by atoms with E-state index in [0.717, 1.165) is 10.0 Å². The van der Waals surface area contributed by atoms with E-state index in [1.807, 2.05) is 24.3 Å². The topological polar surface area (TPSA) is 71.2 Å². The van der Waals surface area contributed by atoms with Crippen molar-refractivity contribution in [3.05, 3.63) is 46.0 Å². The molecule has 2 rings (SSSR count). The van der Waals surface area contributed by atoms with Crippen LogP contribution >= 0.6 is 15.9 Å². The highest BCUT2D eigenvalue weighted by molar-refractivity contribution is 9.10. The van der Waals surface area contributed by atoms with Crippen LogP contribution in [0.5, 0.6) is 0 Å². The molecule has 0 spiro atoms. The van der Waals surface area contributed by atoms with Crippen molar-refractivity contribution in [3.63, 3.8) is 0 Å². The van der Waals surface area contributed by atoms with Gasteiger partial charge in [0, 0.05) is 11.0 Å². The third-order valence-corrected chi connectivity index (χ3v) is 2.91. The lowest BCUT2D eigenvalue weighted by atomic mass is 10.1. The fourth-order valence-electron chi connectivity index (χ4n) is 1.56. The molecule has 2 N–H and O–H groups in total. The van der Waals surface area contributed by atoms with E-state index < -0.39 is 6.10 Å². The molecular weight excluding hydrogens is 298 g/mol. The third kappa shape index (κ3) is 3.63. The lowest BCUT2D eigenvalue weighted by Crippen LogP contribution is -2.21. The van der Waals surface area contributed by atoms with E-state index in [9.17, 15) is 5.11 Å². The highest BCUT2D eigenvalue weighted by atomic mass is 79.9. The van der Waals surface area contributed by atoms with Crippen molar-refractivity contribution in [2.75, 3.05) is 6.54 Å². The van der Waals surface area contributed by atoms with Gasteiger partial charge in [-0.2, -0.15) is 4.98 Å². The molecule has 1 atom stereocenters. The SMILES string of the molecule is Cc1noc(CNCC(O)c2cccc(Br)c2)n1. The number of rotatable bonds is 5. The fraction of sp³-hybridized carbons (Fsp3) is 0.333. The van der Waals surface area contributed by atoms with Crippen LogP contribution in [0.1, 0.15) is 23.4 Å². The highest BCUT2D eigenvalue weighted by Gasteiger charge is 2.08. The first-order valence-corrected chi connectivity index (χ1v) is 6.38. The first-order chi connectivity index (χ1) is 8.65. The Morgan fingerprint density at radius 3 is 3.00 bits per heavy atom. The number of benzene rings is 1. The number of aliphatic hydroxyl groups excluding tert-OH is 1. The summed E-state index contributed by atoms with van der Waals surface area (Å²) in [7, 11) is 0. The fourth-order valence-corrected chi connectivity index (χ4v) is 1.98. The van der Waals surface area contributed by atoms with Crippen LogP contribution in [-0.4, -0.2) is 21.8 Å². The van der Waals surface area contributed by atoms with Gasteiger partial charge in [0.1, 0.15) is 0 Å². The average molecular weight is 312 g/mol. The van der Waals surface area contributed by atoms with Crippen molar-refractivity contribution in [2.24, 2.45) is 0 Å². The minimum Gasteiger partial charge on any atom is -0.387 e. The van der Waals surface area contributed by atoms with Crippen LogP contribution in [0.3, 0.4) is 0 Å². The number of nitrogens with one attached hydrogen (secondary N) is 1. The van der Waals surface area contributed by atoms with Crippen LogP contribution in [0.2, 0.25) is 0 Å². The Hall–Kier alpha value is -1.24. The van der Waals surface area contributed by atoms with Gasteiger partial charge in [0.05, 0.1) is 12.6 Å². The Balaban J connectivity index is 1.83. The van der Waals surface area contributed by atoms with Crippen molar-refractivity contribution in [1.82, 2.24) is 15.5 Å². The highest BCUT2D eigenvalue weighted by Crippen LogP contribution is 2.17. The summed E-state index contributed by atoms with van der Waals surface area (Å²) in [6.07, 6.45) is -0.563. The molecule has 0 aliphatic heterocycles. The molecule has 0 saturated carbocycles. The molecule has 0 bridgehead atoms. The largest absolute Gasteiger partial charge is 0.387 e. The van der Waals surface area contributed by atoms with Gasteiger partial charge in [0.15, 0.2) is 5.82 Å². The van der Waals surface area contributed by atoms with Gasteiger partial charge < -0.3 is 14.9 Å². The number of aliphatic hydroxyl groups is 1. The number of hydrogen-bond donors (Lipinski definition) is 2. The van der Waals surface area contributed by atoms with E-state index in [2.05, 4.69) is 31.4 Å². The standard InChI is InChI=1S/C12H14BrN3O2/c1-8-15-12(18-16-8)7-14-6-11(17)9-3-2-4-10(13)5-9/h2-5,11,14,17H,6-7H2,1H3. The lowest BCUT2D eigenvalue weighted by molar-refractivity contribution is 0.172. The maximum atomic E-state index is 9.98. The van der Waals surface area contributed by atoms with Crippen molar-refractivity contribution in [3.8, 4) is 0 Å². The second kappa shape index (κ2) is 6.08. The first kappa shape index (κ1) is 13.2. The summed E-state index contributed by atoms with van der Waals surface area (Å²) in [5.41, 5.74) is 0.860. The molecule has 6 heteroatoms. The van der Waals surface area contributed by atoms with E-state index in [4.69, 9.17) is 4.52 Å². The smallest absolute Gasteiger partial charge is 0.240 e. The molecule has 1 aromatic heterocycles. The minimum absolute atomic E-state index is 0.428. The molecule has 1 heterocycles. The molecule has 96 valence electrons. The number of hydrogen-bond acceptors (Lipinski definition) is 5. The van der Waals surface area contributed by atoms with E-state index in [1.165, 1.54) is 0 Å². The second-order valence-electron chi connectivity index (χ2n) is 3.94. The molecule has 0 saturated heterocycles. The predicted octanol–water partition coefficient (Wildman–Crippen LogP) is 1.96. The van der Waals surface area contributed by atoms with Crippen LogP contribution in [0, 0.1) is 6.92 Å². The van der Waals surface area contributed by atoms with Crippen LogP contribution < -0.4 is 5.32 Å².